The van der Waals surface area contributed by atoms with Crippen LogP contribution in [0.2, 0.25) is 0 Å². The first kappa shape index (κ1) is 23.7. The summed E-state index contributed by atoms with van der Waals surface area (Å²) >= 11 is 1.57. The van der Waals surface area contributed by atoms with Crippen LogP contribution in [0, 0.1) is 5.41 Å². The molecular weight excluding hydrogens is 464 g/mol. The summed E-state index contributed by atoms with van der Waals surface area (Å²) < 4.78 is 5.65. The van der Waals surface area contributed by atoms with Crippen molar-refractivity contribution in [3.63, 3.8) is 0 Å². The molecule has 0 aromatic heterocycles. The predicted molar refractivity (Wildman–Crippen MR) is 134 cm³/mol. The highest BCUT2D eigenvalue weighted by Crippen LogP contribution is 2.59. The molecule has 2 bridgehead atoms. The van der Waals surface area contributed by atoms with Gasteiger partial charge in [0.25, 0.3) is 0 Å². The van der Waals surface area contributed by atoms with Crippen LogP contribution < -0.4 is 5.32 Å². The Labute approximate surface area is 209 Å². The van der Waals surface area contributed by atoms with E-state index in [0.717, 1.165) is 22.3 Å². The highest BCUT2D eigenvalue weighted by molar-refractivity contribution is 7.98. The molecule has 2 heterocycles. The zero-order chi connectivity index (χ0) is 24.8. The van der Waals surface area contributed by atoms with Gasteiger partial charge in [0, 0.05) is 12.5 Å². The van der Waals surface area contributed by atoms with Gasteiger partial charge in [0.15, 0.2) is 0 Å². The quantitative estimate of drug-likeness (QED) is 0.573. The molecule has 8 heteroatoms. The van der Waals surface area contributed by atoms with E-state index in [1.807, 2.05) is 37.4 Å². The van der Waals surface area contributed by atoms with Gasteiger partial charge in [-0.15, -0.1) is 0 Å². The average Bonchev–Trinajstić information content (AvgIpc) is 3.43. The van der Waals surface area contributed by atoms with Crippen molar-refractivity contribution >= 4 is 29.7 Å². The number of carbonyl (C=O) groups excluding carboxylic acids is 2. The summed E-state index contributed by atoms with van der Waals surface area (Å²) in [6.07, 6.45) is 2.60. The van der Waals surface area contributed by atoms with E-state index in [0.29, 0.717) is 31.6 Å². The lowest BCUT2D eigenvalue weighted by atomic mass is 9.63. The first-order valence-electron chi connectivity index (χ1n) is 11.9. The van der Waals surface area contributed by atoms with E-state index in [9.17, 15) is 19.5 Å². The molecular formula is C27H30N2O5S. The van der Waals surface area contributed by atoms with E-state index in [4.69, 9.17) is 4.74 Å². The summed E-state index contributed by atoms with van der Waals surface area (Å²) in [6.45, 7) is 2.57. The Bertz CT molecular complexity index is 1130. The maximum atomic E-state index is 13.4. The van der Waals surface area contributed by atoms with Gasteiger partial charge in [0.1, 0.15) is 18.2 Å². The topological polar surface area (TPSA) is 95.9 Å². The molecule has 2 N–H and O–H groups in total. The van der Waals surface area contributed by atoms with Crippen molar-refractivity contribution in [2.45, 2.75) is 43.7 Å². The van der Waals surface area contributed by atoms with Crippen LogP contribution in [0.25, 0.3) is 11.1 Å². The fourth-order valence-electron chi connectivity index (χ4n) is 6.22. The summed E-state index contributed by atoms with van der Waals surface area (Å²) in [7, 11) is 0. The fourth-order valence-corrected chi connectivity index (χ4v) is 6.69. The number of nitrogens with zero attached hydrogens (tertiary/aromatic N) is 1. The number of hydrogen-bond donors (Lipinski definition) is 2. The molecule has 3 fully saturated rings. The van der Waals surface area contributed by atoms with Crippen LogP contribution in [0.15, 0.2) is 48.5 Å². The molecule has 0 spiro atoms. The normalized spacial score (nSPS) is 24.8. The van der Waals surface area contributed by atoms with Crippen molar-refractivity contribution in [1.29, 1.82) is 0 Å². The van der Waals surface area contributed by atoms with Crippen LogP contribution in [-0.4, -0.2) is 64.7 Å². The highest BCUT2D eigenvalue weighted by atomic mass is 32.2. The fraction of sp³-hybridized carbons (Fsp3) is 0.444. The van der Waals surface area contributed by atoms with Crippen molar-refractivity contribution in [3.05, 3.63) is 59.7 Å². The number of amides is 2. The molecule has 0 unspecified atom stereocenters. The minimum Gasteiger partial charge on any atom is -0.479 e. The van der Waals surface area contributed by atoms with Crippen molar-refractivity contribution in [3.8, 4) is 11.1 Å². The Morgan fingerprint density at radius 2 is 1.71 bits per heavy atom. The summed E-state index contributed by atoms with van der Waals surface area (Å²) in [4.78, 5) is 39.8. The van der Waals surface area contributed by atoms with Crippen molar-refractivity contribution in [2.75, 3.05) is 25.2 Å². The number of aliphatic carboxylic acids is 1. The molecule has 184 valence electrons. The molecule has 1 saturated carbocycles. The van der Waals surface area contributed by atoms with Crippen LogP contribution in [0.5, 0.6) is 0 Å². The molecule has 4 aliphatic rings. The van der Waals surface area contributed by atoms with Gasteiger partial charge >= 0.3 is 12.1 Å². The second-order valence-electron chi connectivity index (χ2n) is 10.2. The Morgan fingerprint density at radius 1 is 1.11 bits per heavy atom. The maximum Gasteiger partial charge on any atom is 0.407 e. The van der Waals surface area contributed by atoms with Crippen LogP contribution in [0.1, 0.15) is 43.2 Å². The first-order valence-corrected chi connectivity index (χ1v) is 13.3. The Morgan fingerprint density at radius 3 is 2.29 bits per heavy atom. The van der Waals surface area contributed by atoms with Crippen LogP contribution in [0.3, 0.4) is 0 Å². The predicted octanol–water partition coefficient (Wildman–Crippen LogP) is 4.11. The number of thioether (sulfide) groups is 1. The Hall–Kier alpha value is -3.00. The number of ether oxygens (including phenoxy) is 1. The molecule has 1 atom stereocenters. The number of alkyl carbamates (subject to hydrolysis) is 1. The number of benzene rings is 2. The molecule has 2 aromatic carbocycles. The summed E-state index contributed by atoms with van der Waals surface area (Å²) in [5, 5.41) is 12.6. The van der Waals surface area contributed by atoms with E-state index in [-0.39, 0.29) is 23.8 Å². The number of nitrogens with one attached hydrogen (secondary N) is 1. The number of rotatable bonds is 8. The van der Waals surface area contributed by atoms with E-state index < -0.39 is 23.6 Å². The van der Waals surface area contributed by atoms with E-state index in [1.165, 1.54) is 4.90 Å². The van der Waals surface area contributed by atoms with Gasteiger partial charge in [-0.1, -0.05) is 55.5 Å². The van der Waals surface area contributed by atoms with Gasteiger partial charge in [-0.2, -0.15) is 11.8 Å². The summed E-state index contributed by atoms with van der Waals surface area (Å²) in [6, 6.07) is 15.4. The molecule has 2 aromatic rings. The lowest BCUT2D eigenvalue weighted by Gasteiger charge is -2.43. The van der Waals surface area contributed by atoms with Crippen molar-refractivity contribution < 1.29 is 24.2 Å². The SMILES string of the molecule is CSCC[C@@H](NC(=O)OCC1c2ccccc2-c2ccccc21)C(=O)N1CC2(C)CC1(C(=O)O)C2. The standard InChI is InChI=1S/C27H30N2O5S/c1-26-14-27(15-26,24(31)32)29(16-26)23(30)22(11-12-35-2)28-25(33)34-13-21-19-9-5-3-7-17(19)18-8-4-6-10-20(18)21/h3-10,21-22H,11-16H2,1-2H3,(H,28,33)(H,31,32)/t22-,26?,27?/m1/s1. The van der Waals surface area contributed by atoms with Gasteiger partial charge in [0.2, 0.25) is 5.91 Å². The lowest BCUT2D eigenvalue weighted by molar-refractivity contribution is -0.160. The average molecular weight is 495 g/mol. The molecule has 2 saturated heterocycles. The minimum absolute atomic E-state index is 0.0745. The zero-order valence-corrected chi connectivity index (χ0v) is 20.8. The van der Waals surface area contributed by atoms with Gasteiger partial charge in [-0.05, 0) is 58.9 Å². The third kappa shape index (κ3) is 3.97. The number of hydrogen-bond acceptors (Lipinski definition) is 5. The Kier molecular flexibility index (Phi) is 6.03. The number of carboxylic acids is 1. The van der Waals surface area contributed by atoms with Gasteiger partial charge in [-0.3, -0.25) is 4.79 Å². The maximum absolute atomic E-state index is 13.4. The van der Waals surface area contributed by atoms with E-state index in [1.54, 1.807) is 11.8 Å². The smallest absolute Gasteiger partial charge is 0.407 e. The third-order valence-electron chi connectivity index (χ3n) is 7.70. The molecule has 7 nitrogen and oxygen atoms in total. The zero-order valence-electron chi connectivity index (χ0n) is 20.0. The first-order chi connectivity index (χ1) is 16.8. The van der Waals surface area contributed by atoms with Crippen molar-refractivity contribution in [1.82, 2.24) is 10.2 Å². The van der Waals surface area contributed by atoms with Crippen LogP contribution in [-0.2, 0) is 14.3 Å². The summed E-state index contributed by atoms with van der Waals surface area (Å²) in [5.74, 6) is -0.720. The number of fused-ring (bicyclic) bond motifs is 4. The van der Waals surface area contributed by atoms with Crippen molar-refractivity contribution in [2.24, 2.45) is 5.41 Å². The number of carbonyl (C=O) groups is 3. The second-order valence-corrected chi connectivity index (χ2v) is 11.2. The lowest BCUT2D eigenvalue weighted by Crippen LogP contribution is -2.59. The minimum atomic E-state index is -1.15. The van der Waals surface area contributed by atoms with Crippen LogP contribution in [0.4, 0.5) is 4.79 Å². The van der Waals surface area contributed by atoms with E-state index >= 15 is 0 Å². The third-order valence-corrected chi connectivity index (χ3v) is 8.35. The molecule has 2 amide bonds. The number of carboxylic acid groups (broad SMARTS) is 1. The molecule has 6 rings (SSSR count). The monoisotopic (exact) mass is 494 g/mol. The summed E-state index contributed by atoms with van der Waals surface area (Å²) in [5.41, 5.74) is 3.21. The highest BCUT2D eigenvalue weighted by Gasteiger charge is 2.69. The van der Waals surface area contributed by atoms with Crippen LogP contribution >= 0.6 is 11.8 Å². The molecule has 35 heavy (non-hydrogen) atoms. The molecule has 2 aliphatic carbocycles. The van der Waals surface area contributed by atoms with E-state index in [2.05, 4.69) is 29.6 Å². The Balaban J connectivity index is 1.28. The molecule has 0 radical (unpaired) electrons. The second kappa shape index (κ2) is 8.90. The largest absolute Gasteiger partial charge is 0.479 e. The molecule has 2 aliphatic heterocycles. The van der Waals surface area contributed by atoms with Gasteiger partial charge in [0.05, 0.1) is 0 Å². The van der Waals surface area contributed by atoms with Gasteiger partial charge in [-0.25, -0.2) is 9.59 Å². The van der Waals surface area contributed by atoms with Gasteiger partial charge < -0.3 is 20.1 Å².